The summed E-state index contributed by atoms with van der Waals surface area (Å²) in [6.45, 7) is 2.24. The first-order valence-electron chi connectivity index (χ1n) is 11.8. The van der Waals surface area contributed by atoms with Crippen molar-refractivity contribution >= 4 is 17.7 Å². The molecule has 7 nitrogen and oxygen atoms in total. The van der Waals surface area contributed by atoms with E-state index in [4.69, 9.17) is 4.74 Å². The van der Waals surface area contributed by atoms with Gasteiger partial charge in [0.2, 0.25) is 5.91 Å². The molecule has 0 aliphatic carbocycles. The molecule has 3 heterocycles. The molecule has 1 atom stereocenters. The van der Waals surface area contributed by atoms with Gasteiger partial charge >= 0.3 is 0 Å². The number of carbonyl (C=O) groups is 3. The highest BCUT2D eigenvalue weighted by Gasteiger charge is 2.55. The van der Waals surface area contributed by atoms with Crippen molar-refractivity contribution in [2.24, 2.45) is 0 Å². The number of likely N-dealkylation sites (tertiary alicyclic amines) is 2. The quantitative estimate of drug-likeness (QED) is 0.699. The molecule has 0 radical (unpaired) electrons. The fourth-order valence-corrected chi connectivity index (χ4v) is 5.29. The smallest absolute Gasteiger partial charge is 0.256 e. The summed E-state index contributed by atoms with van der Waals surface area (Å²) in [4.78, 5) is 45.1. The van der Waals surface area contributed by atoms with Crippen LogP contribution in [0.15, 0.2) is 54.6 Å². The Labute approximate surface area is 198 Å². The van der Waals surface area contributed by atoms with E-state index in [1.54, 1.807) is 40.1 Å². The predicted molar refractivity (Wildman–Crippen MR) is 122 cm³/mol. The second-order valence-electron chi connectivity index (χ2n) is 9.15. The van der Waals surface area contributed by atoms with Gasteiger partial charge in [-0.3, -0.25) is 19.3 Å². The minimum atomic E-state index is -0.953. The number of nitrogens with zero attached hydrogens (tertiary/aromatic N) is 3. The summed E-state index contributed by atoms with van der Waals surface area (Å²) in [5.74, 6) is -1.02. The summed E-state index contributed by atoms with van der Waals surface area (Å²) in [5, 5.41) is 0. The van der Waals surface area contributed by atoms with Gasteiger partial charge in [-0.1, -0.05) is 24.3 Å². The second-order valence-corrected chi connectivity index (χ2v) is 9.15. The lowest BCUT2D eigenvalue weighted by Gasteiger charge is -2.44. The van der Waals surface area contributed by atoms with E-state index in [0.29, 0.717) is 50.1 Å². The minimum Gasteiger partial charge on any atom is -0.353 e. The zero-order valence-corrected chi connectivity index (χ0v) is 19.0. The van der Waals surface area contributed by atoms with Crippen molar-refractivity contribution in [2.75, 3.05) is 32.8 Å². The molecular weight excluding hydrogens is 437 g/mol. The van der Waals surface area contributed by atoms with Crippen LogP contribution in [0.25, 0.3) is 0 Å². The third-order valence-electron chi connectivity index (χ3n) is 7.11. The molecule has 8 heteroatoms. The molecule has 3 amide bonds. The molecule has 5 rings (SSSR count). The zero-order valence-electron chi connectivity index (χ0n) is 19.0. The van der Waals surface area contributed by atoms with Gasteiger partial charge in [0, 0.05) is 50.1 Å². The monoisotopic (exact) mass is 465 g/mol. The third kappa shape index (κ3) is 4.07. The summed E-state index contributed by atoms with van der Waals surface area (Å²) >= 11 is 0. The molecule has 1 unspecified atom stereocenters. The average molecular weight is 466 g/mol. The Morgan fingerprint density at radius 3 is 2.18 bits per heavy atom. The van der Waals surface area contributed by atoms with Crippen LogP contribution in [0.2, 0.25) is 0 Å². The van der Waals surface area contributed by atoms with Gasteiger partial charge in [-0.25, -0.2) is 4.39 Å². The van der Waals surface area contributed by atoms with E-state index >= 15 is 0 Å². The molecule has 0 N–H and O–H groups in total. The molecule has 3 fully saturated rings. The molecule has 34 heavy (non-hydrogen) atoms. The van der Waals surface area contributed by atoms with Gasteiger partial charge in [-0.15, -0.1) is 0 Å². The average Bonchev–Trinajstić information content (AvgIpc) is 3.53. The van der Waals surface area contributed by atoms with Crippen LogP contribution in [-0.2, 0) is 9.53 Å². The Balaban J connectivity index is 1.39. The fourth-order valence-electron chi connectivity index (χ4n) is 5.29. The SMILES string of the molecule is O=C(c1cccc(F)c1)N1CCC2(CC1)OCC(C(=O)N1CCCC1)N2C(=O)c1ccccc1. The first-order valence-corrected chi connectivity index (χ1v) is 11.8. The number of halogens is 1. The first kappa shape index (κ1) is 22.5. The lowest BCUT2D eigenvalue weighted by Crippen LogP contribution is -2.60. The zero-order chi connectivity index (χ0) is 23.7. The number of hydrogen-bond acceptors (Lipinski definition) is 4. The van der Waals surface area contributed by atoms with Crippen molar-refractivity contribution in [1.82, 2.24) is 14.7 Å². The summed E-state index contributed by atoms with van der Waals surface area (Å²) in [6.07, 6.45) is 2.70. The fraction of sp³-hybridized carbons (Fsp3) is 0.423. The van der Waals surface area contributed by atoms with Gasteiger partial charge in [0.05, 0.1) is 6.61 Å². The van der Waals surface area contributed by atoms with E-state index in [9.17, 15) is 18.8 Å². The van der Waals surface area contributed by atoms with Crippen LogP contribution < -0.4 is 0 Å². The van der Waals surface area contributed by atoms with Gasteiger partial charge in [0.25, 0.3) is 11.8 Å². The largest absolute Gasteiger partial charge is 0.353 e. The Kier molecular flexibility index (Phi) is 6.08. The molecule has 3 aliphatic rings. The molecule has 3 aliphatic heterocycles. The molecule has 2 aromatic rings. The van der Waals surface area contributed by atoms with Crippen molar-refractivity contribution in [2.45, 2.75) is 37.5 Å². The highest BCUT2D eigenvalue weighted by atomic mass is 19.1. The van der Waals surface area contributed by atoms with Crippen molar-refractivity contribution < 1.29 is 23.5 Å². The van der Waals surface area contributed by atoms with Gasteiger partial charge in [-0.05, 0) is 43.2 Å². The topological polar surface area (TPSA) is 70.2 Å². The molecule has 0 aromatic heterocycles. The van der Waals surface area contributed by atoms with E-state index in [0.717, 1.165) is 12.8 Å². The number of ether oxygens (including phenoxy) is 1. The van der Waals surface area contributed by atoms with Crippen LogP contribution in [0, 0.1) is 5.82 Å². The number of rotatable bonds is 3. The maximum absolute atomic E-state index is 13.7. The van der Waals surface area contributed by atoms with Gasteiger partial charge < -0.3 is 14.5 Å². The molecule has 2 aromatic carbocycles. The number of benzene rings is 2. The standard InChI is InChI=1S/C26H28FN3O4/c27-21-10-6-9-20(17-21)23(31)29-15-11-26(12-16-29)30(24(32)19-7-2-1-3-8-19)22(18-34-26)25(33)28-13-4-5-14-28/h1-3,6-10,17,22H,4-5,11-16,18H2. The third-order valence-corrected chi connectivity index (χ3v) is 7.11. The van der Waals surface area contributed by atoms with E-state index in [1.807, 2.05) is 11.0 Å². The summed E-state index contributed by atoms with van der Waals surface area (Å²) in [7, 11) is 0. The Morgan fingerprint density at radius 1 is 0.824 bits per heavy atom. The van der Waals surface area contributed by atoms with E-state index in [2.05, 4.69) is 0 Å². The van der Waals surface area contributed by atoms with Crippen molar-refractivity contribution in [3.63, 3.8) is 0 Å². The highest BCUT2D eigenvalue weighted by molar-refractivity contribution is 5.98. The van der Waals surface area contributed by atoms with Crippen LogP contribution in [0.1, 0.15) is 46.4 Å². The Morgan fingerprint density at radius 2 is 1.50 bits per heavy atom. The van der Waals surface area contributed by atoms with E-state index in [1.165, 1.54) is 18.2 Å². The molecule has 3 saturated heterocycles. The van der Waals surface area contributed by atoms with Crippen LogP contribution >= 0.6 is 0 Å². The summed E-state index contributed by atoms with van der Waals surface area (Å²) in [5.41, 5.74) is -0.154. The maximum Gasteiger partial charge on any atom is 0.256 e. The second kappa shape index (κ2) is 9.18. The molecular formula is C26H28FN3O4. The van der Waals surface area contributed by atoms with Crippen molar-refractivity contribution in [1.29, 1.82) is 0 Å². The number of hydrogen-bond donors (Lipinski definition) is 0. The van der Waals surface area contributed by atoms with E-state index < -0.39 is 17.6 Å². The number of piperidine rings is 1. The molecule has 1 spiro atoms. The number of carbonyl (C=O) groups excluding carboxylic acids is 3. The molecule has 0 bridgehead atoms. The molecule has 178 valence electrons. The van der Waals surface area contributed by atoms with E-state index in [-0.39, 0.29) is 24.3 Å². The number of amides is 3. The van der Waals surface area contributed by atoms with Crippen LogP contribution in [-0.4, -0.2) is 77.0 Å². The predicted octanol–water partition coefficient (Wildman–Crippen LogP) is 2.92. The lowest BCUT2D eigenvalue weighted by atomic mass is 9.96. The van der Waals surface area contributed by atoms with Gasteiger partial charge in [0.1, 0.15) is 17.6 Å². The van der Waals surface area contributed by atoms with Gasteiger partial charge in [-0.2, -0.15) is 0 Å². The minimum absolute atomic E-state index is 0.0723. The normalized spacial score (nSPS) is 21.8. The summed E-state index contributed by atoms with van der Waals surface area (Å²) in [6, 6.07) is 13.9. The van der Waals surface area contributed by atoms with Crippen LogP contribution in [0.4, 0.5) is 4.39 Å². The summed E-state index contributed by atoms with van der Waals surface area (Å²) < 4.78 is 19.9. The lowest BCUT2D eigenvalue weighted by molar-refractivity contribution is -0.136. The van der Waals surface area contributed by atoms with Crippen molar-refractivity contribution in [3.8, 4) is 0 Å². The van der Waals surface area contributed by atoms with Crippen LogP contribution in [0.5, 0.6) is 0 Å². The Hall–Kier alpha value is -3.26. The first-order chi connectivity index (χ1) is 16.5. The molecule has 0 saturated carbocycles. The van der Waals surface area contributed by atoms with Gasteiger partial charge in [0.15, 0.2) is 0 Å². The maximum atomic E-state index is 13.7. The van der Waals surface area contributed by atoms with Crippen molar-refractivity contribution in [3.05, 3.63) is 71.5 Å². The highest BCUT2D eigenvalue weighted by Crippen LogP contribution is 2.39. The Bertz CT molecular complexity index is 1080. The van der Waals surface area contributed by atoms with Crippen LogP contribution in [0.3, 0.4) is 0 Å².